The Morgan fingerprint density at radius 1 is 1.04 bits per heavy atom. The normalized spacial score (nSPS) is 13.1. The molecule has 0 amide bonds. The SMILES string of the molecule is CCCCSc1c(C(F)(C(F)(F)F)C(F)(F)F)ccc(C(=O)O)c1CC. The van der Waals surface area contributed by atoms with Gasteiger partial charge in [0.1, 0.15) is 0 Å². The van der Waals surface area contributed by atoms with Crippen LogP contribution in [0.15, 0.2) is 17.0 Å². The highest BCUT2D eigenvalue weighted by atomic mass is 32.2. The van der Waals surface area contributed by atoms with Gasteiger partial charge in [-0.25, -0.2) is 9.18 Å². The summed E-state index contributed by atoms with van der Waals surface area (Å²) in [5, 5.41) is 9.16. The summed E-state index contributed by atoms with van der Waals surface area (Å²) >= 11 is 0.610. The van der Waals surface area contributed by atoms with Crippen LogP contribution in [0.25, 0.3) is 0 Å². The second-order valence-corrected chi connectivity index (χ2v) is 6.59. The average Bonchev–Trinajstić information content (AvgIpc) is 2.51. The first-order valence-electron chi connectivity index (χ1n) is 7.67. The van der Waals surface area contributed by atoms with Gasteiger partial charge in [0, 0.05) is 10.5 Å². The van der Waals surface area contributed by atoms with E-state index >= 15 is 0 Å². The Balaban J connectivity index is 3.80. The molecule has 148 valence electrons. The lowest BCUT2D eigenvalue weighted by Crippen LogP contribution is -2.50. The monoisotopic (exact) mass is 406 g/mol. The minimum atomic E-state index is -6.25. The van der Waals surface area contributed by atoms with Gasteiger partial charge in [-0.2, -0.15) is 26.3 Å². The Bertz CT molecular complexity index is 639. The summed E-state index contributed by atoms with van der Waals surface area (Å²) < 4.78 is 93.3. The molecular weight excluding hydrogens is 389 g/mol. The van der Waals surface area contributed by atoms with Crippen LogP contribution < -0.4 is 0 Å². The second-order valence-electron chi connectivity index (χ2n) is 5.48. The van der Waals surface area contributed by atoms with Crippen LogP contribution in [0.4, 0.5) is 30.7 Å². The number of unbranched alkanes of at least 4 members (excludes halogenated alkanes) is 1. The van der Waals surface area contributed by atoms with E-state index in [9.17, 15) is 35.5 Å². The molecule has 0 saturated heterocycles. The van der Waals surface area contributed by atoms with Gasteiger partial charge in [-0.3, -0.25) is 0 Å². The van der Waals surface area contributed by atoms with E-state index in [1.165, 1.54) is 6.92 Å². The van der Waals surface area contributed by atoms with Crippen LogP contribution in [0.3, 0.4) is 0 Å². The van der Waals surface area contributed by atoms with Gasteiger partial charge in [-0.05, 0) is 30.2 Å². The predicted molar refractivity (Wildman–Crippen MR) is 83.3 cm³/mol. The average molecular weight is 406 g/mol. The van der Waals surface area contributed by atoms with Gasteiger partial charge in [0.05, 0.1) is 5.56 Å². The second kappa shape index (κ2) is 8.06. The van der Waals surface area contributed by atoms with E-state index in [-0.39, 0.29) is 23.8 Å². The Kier molecular flexibility index (Phi) is 7.00. The molecule has 1 aromatic carbocycles. The summed E-state index contributed by atoms with van der Waals surface area (Å²) in [6.45, 7) is 3.15. The first-order chi connectivity index (χ1) is 11.8. The van der Waals surface area contributed by atoms with Crippen LogP contribution in [0.2, 0.25) is 0 Å². The number of carbonyl (C=O) groups is 1. The van der Waals surface area contributed by atoms with Crippen molar-refractivity contribution in [2.75, 3.05) is 5.75 Å². The van der Waals surface area contributed by atoms with E-state index in [1.807, 2.05) is 0 Å². The molecular formula is C16H17F7O2S. The number of hydrogen-bond acceptors (Lipinski definition) is 2. The summed E-state index contributed by atoms with van der Waals surface area (Å²) in [5.41, 5.74) is -7.88. The summed E-state index contributed by atoms with van der Waals surface area (Å²) in [7, 11) is 0. The molecule has 0 radical (unpaired) electrons. The van der Waals surface area contributed by atoms with Gasteiger partial charge in [-0.15, -0.1) is 11.8 Å². The third kappa shape index (κ3) is 4.10. The Labute approximate surface area is 149 Å². The molecule has 0 spiro atoms. The summed E-state index contributed by atoms with van der Waals surface area (Å²) in [6, 6.07) is 0.865. The molecule has 0 aliphatic carbocycles. The molecule has 1 N–H and O–H groups in total. The molecule has 0 saturated carbocycles. The summed E-state index contributed by atoms with van der Waals surface area (Å²) in [5.74, 6) is -1.38. The molecule has 10 heteroatoms. The van der Waals surface area contributed by atoms with E-state index in [4.69, 9.17) is 5.11 Å². The molecule has 0 fully saturated rings. The standard InChI is InChI=1S/C16H17F7O2S/c1-3-5-8-26-12-9(4-2)10(13(24)25)6-7-11(12)14(17,15(18,19)20)16(21,22)23/h6-7H,3-5,8H2,1-2H3,(H,24,25). The third-order valence-electron chi connectivity index (χ3n) is 3.74. The molecule has 0 heterocycles. The Morgan fingerprint density at radius 2 is 1.58 bits per heavy atom. The smallest absolute Gasteiger partial charge is 0.435 e. The van der Waals surface area contributed by atoms with Crippen molar-refractivity contribution in [3.8, 4) is 0 Å². The number of rotatable bonds is 7. The maximum absolute atomic E-state index is 14.5. The predicted octanol–water partition coefficient (Wildman–Crippen LogP) is 6.13. The molecule has 0 bridgehead atoms. The molecule has 0 unspecified atom stereocenters. The molecule has 26 heavy (non-hydrogen) atoms. The van der Waals surface area contributed by atoms with Crippen LogP contribution in [0.1, 0.15) is 48.2 Å². The zero-order chi connectivity index (χ0) is 20.3. The Hall–Kier alpha value is -1.45. The van der Waals surface area contributed by atoms with Crippen molar-refractivity contribution in [3.63, 3.8) is 0 Å². The summed E-state index contributed by atoms with van der Waals surface area (Å²) in [6.07, 6.45) is -11.6. The molecule has 0 aliphatic heterocycles. The fourth-order valence-electron chi connectivity index (χ4n) is 2.40. The largest absolute Gasteiger partial charge is 0.478 e. The van der Waals surface area contributed by atoms with Gasteiger partial charge in [0.15, 0.2) is 0 Å². The van der Waals surface area contributed by atoms with Crippen LogP contribution in [0.5, 0.6) is 0 Å². The number of thioether (sulfide) groups is 1. The van der Waals surface area contributed by atoms with Gasteiger partial charge in [-0.1, -0.05) is 26.3 Å². The van der Waals surface area contributed by atoms with Crippen molar-refractivity contribution < 1.29 is 40.6 Å². The molecule has 2 nitrogen and oxygen atoms in total. The van der Waals surface area contributed by atoms with E-state index in [1.54, 1.807) is 6.92 Å². The van der Waals surface area contributed by atoms with Crippen LogP contribution in [-0.4, -0.2) is 29.2 Å². The molecule has 0 atom stereocenters. The van der Waals surface area contributed by atoms with Crippen LogP contribution >= 0.6 is 11.8 Å². The first-order valence-corrected chi connectivity index (χ1v) is 8.66. The van der Waals surface area contributed by atoms with Crippen molar-refractivity contribution in [3.05, 3.63) is 28.8 Å². The van der Waals surface area contributed by atoms with Crippen molar-refractivity contribution >= 4 is 17.7 Å². The fraction of sp³-hybridized carbons (Fsp3) is 0.562. The fourth-order valence-corrected chi connectivity index (χ4v) is 3.83. The van der Waals surface area contributed by atoms with E-state index in [0.717, 1.165) is 0 Å². The van der Waals surface area contributed by atoms with E-state index in [0.29, 0.717) is 30.7 Å². The molecule has 1 aromatic rings. The number of benzene rings is 1. The lowest BCUT2D eigenvalue weighted by Gasteiger charge is -2.32. The highest BCUT2D eigenvalue weighted by molar-refractivity contribution is 7.99. The van der Waals surface area contributed by atoms with Crippen LogP contribution in [0, 0.1) is 0 Å². The minimum Gasteiger partial charge on any atom is -0.478 e. The molecule has 0 aromatic heterocycles. The number of aromatic carboxylic acids is 1. The van der Waals surface area contributed by atoms with Crippen LogP contribution in [-0.2, 0) is 12.1 Å². The number of carboxylic acids is 1. The third-order valence-corrected chi connectivity index (χ3v) is 4.99. The number of hydrogen-bond donors (Lipinski definition) is 1. The molecule has 0 aliphatic rings. The number of alkyl halides is 7. The first kappa shape index (κ1) is 22.6. The van der Waals surface area contributed by atoms with E-state index < -0.39 is 40.0 Å². The van der Waals surface area contributed by atoms with E-state index in [2.05, 4.69) is 0 Å². The zero-order valence-electron chi connectivity index (χ0n) is 13.9. The highest BCUT2D eigenvalue weighted by Gasteiger charge is 2.74. The topological polar surface area (TPSA) is 37.3 Å². The van der Waals surface area contributed by atoms with Crippen molar-refractivity contribution in [1.82, 2.24) is 0 Å². The lowest BCUT2D eigenvalue weighted by molar-refractivity contribution is -0.349. The zero-order valence-corrected chi connectivity index (χ0v) is 14.7. The van der Waals surface area contributed by atoms with Gasteiger partial charge in [0.25, 0.3) is 0 Å². The number of carboxylic acid groups (broad SMARTS) is 1. The lowest BCUT2D eigenvalue weighted by atomic mass is 9.90. The van der Waals surface area contributed by atoms with Crippen molar-refractivity contribution in [1.29, 1.82) is 0 Å². The maximum atomic E-state index is 14.5. The van der Waals surface area contributed by atoms with Gasteiger partial charge in [0.2, 0.25) is 0 Å². The Morgan fingerprint density at radius 3 is 1.96 bits per heavy atom. The van der Waals surface area contributed by atoms with Gasteiger partial charge >= 0.3 is 24.0 Å². The van der Waals surface area contributed by atoms with Gasteiger partial charge < -0.3 is 5.11 Å². The van der Waals surface area contributed by atoms with Crippen molar-refractivity contribution in [2.24, 2.45) is 0 Å². The van der Waals surface area contributed by atoms with Crippen molar-refractivity contribution in [2.45, 2.75) is 56.0 Å². The minimum absolute atomic E-state index is 0.130. The highest BCUT2D eigenvalue weighted by Crippen LogP contribution is 2.55. The molecule has 1 rings (SSSR count). The summed E-state index contributed by atoms with van der Waals surface area (Å²) in [4.78, 5) is 10.7. The maximum Gasteiger partial charge on any atom is 0.435 e. The quantitative estimate of drug-likeness (QED) is 0.336. The number of halogens is 7.